The Morgan fingerprint density at radius 2 is 1.80 bits per heavy atom. The third kappa shape index (κ3) is 4.07. The largest absolute Gasteiger partial charge is 0.295 e. The molecule has 8 heteroatoms. The smallest absolute Gasteiger partial charge is 0.258 e. The molecule has 2 N–H and O–H groups in total. The minimum atomic E-state index is -0.324. The Hall–Kier alpha value is -3.19. The van der Waals surface area contributed by atoms with Crippen molar-refractivity contribution in [3.05, 3.63) is 70.2 Å². The number of carbonyl (C=O) groups excluding carboxylic acids is 2. The maximum absolute atomic E-state index is 12.6. The van der Waals surface area contributed by atoms with Gasteiger partial charge in [-0.2, -0.15) is 4.98 Å². The summed E-state index contributed by atoms with van der Waals surface area (Å²) in [7, 11) is 0. The van der Waals surface area contributed by atoms with E-state index >= 15 is 0 Å². The molecular formula is C22H22ClN5O2. The first-order chi connectivity index (χ1) is 14.2. The third-order valence-electron chi connectivity index (χ3n) is 5.05. The topological polar surface area (TPSA) is 88.9 Å². The van der Waals surface area contributed by atoms with E-state index in [0.29, 0.717) is 16.5 Å². The zero-order chi connectivity index (χ0) is 21.5. The van der Waals surface area contributed by atoms with Gasteiger partial charge in [-0.05, 0) is 40.8 Å². The number of carbonyl (C=O) groups is 2. The lowest BCUT2D eigenvalue weighted by Gasteiger charge is -2.23. The van der Waals surface area contributed by atoms with Crippen molar-refractivity contribution in [2.45, 2.75) is 38.6 Å². The van der Waals surface area contributed by atoms with Gasteiger partial charge in [0.05, 0.1) is 12.5 Å². The van der Waals surface area contributed by atoms with Gasteiger partial charge in [0.2, 0.25) is 11.9 Å². The number of benzene rings is 2. The first kappa shape index (κ1) is 20.1. The quantitative estimate of drug-likeness (QED) is 0.652. The molecule has 1 aliphatic rings. The van der Waals surface area contributed by atoms with E-state index in [-0.39, 0.29) is 35.6 Å². The van der Waals surface area contributed by atoms with Crippen LogP contribution in [-0.2, 0) is 10.2 Å². The predicted octanol–water partition coefficient (Wildman–Crippen LogP) is 4.41. The fourth-order valence-corrected chi connectivity index (χ4v) is 3.48. The van der Waals surface area contributed by atoms with Crippen molar-refractivity contribution >= 4 is 35.3 Å². The first-order valence-corrected chi connectivity index (χ1v) is 10.0. The highest BCUT2D eigenvalue weighted by atomic mass is 35.5. The van der Waals surface area contributed by atoms with Crippen LogP contribution >= 0.6 is 11.6 Å². The number of fused-ring (bicyclic) bond motifs is 1. The number of hydrogen-bond donors (Lipinski definition) is 2. The molecular weight excluding hydrogens is 402 g/mol. The maximum Gasteiger partial charge on any atom is 0.258 e. The van der Waals surface area contributed by atoms with Crippen LogP contribution < -0.4 is 10.6 Å². The Labute approximate surface area is 179 Å². The molecule has 0 fully saturated rings. The SMILES string of the molecule is CC(C)(C)c1ccc(C(=O)Nc2nc3n(n2)[C@@H](c2ccc(Cl)cc2)CC(=O)N3)cc1. The lowest BCUT2D eigenvalue weighted by atomic mass is 9.87. The molecule has 2 heterocycles. The van der Waals surface area contributed by atoms with E-state index in [9.17, 15) is 9.59 Å². The zero-order valence-electron chi connectivity index (χ0n) is 16.9. The number of nitrogens with one attached hydrogen (secondary N) is 2. The summed E-state index contributed by atoms with van der Waals surface area (Å²) < 4.78 is 1.61. The summed E-state index contributed by atoms with van der Waals surface area (Å²) in [5.74, 6) is -0.0427. The molecule has 4 rings (SSSR count). The van der Waals surface area contributed by atoms with Gasteiger partial charge in [0.1, 0.15) is 0 Å². The van der Waals surface area contributed by atoms with E-state index in [0.717, 1.165) is 11.1 Å². The molecule has 2 aromatic carbocycles. The van der Waals surface area contributed by atoms with Crippen molar-refractivity contribution in [1.29, 1.82) is 0 Å². The molecule has 0 aliphatic carbocycles. The molecule has 1 aliphatic heterocycles. The van der Waals surface area contributed by atoms with E-state index in [1.165, 1.54) is 0 Å². The van der Waals surface area contributed by atoms with Gasteiger partial charge in [-0.25, -0.2) is 4.68 Å². The van der Waals surface area contributed by atoms with Crippen LogP contribution in [0.3, 0.4) is 0 Å². The van der Waals surface area contributed by atoms with Gasteiger partial charge in [-0.1, -0.05) is 56.6 Å². The Morgan fingerprint density at radius 1 is 1.13 bits per heavy atom. The Kier molecular flexibility index (Phi) is 5.07. The van der Waals surface area contributed by atoms with Crippen molar-refractivity contribution in [3.8, 4) is 0 Å². The fourth-order valence-electron chi connectivity index (χ4n) is 3.36. The van der Waals surface area contributed by atoms with Crippen molar-refractivity contribution < 1.29 is 9.59 Å². The van der Waals surface area contributed by atoms with Gasteiger partial charge in [0.25, 0.3) is 11.9 Å². The Morgan fingerprint density at radius 3 is 2.43 bits per heavy atom. The minimum Gasteiger partial charge on any atom is -0.295 e. The molecule has 154 valence electrons. The van der Waals surface area contributed by atoms with Gasteiger partial charge in [-0.15, -0.1) is 5.10 Å². The zero-order valence-corrected chi connectivity index (χ0v) is 17.7. The first-order valence-electron chi connectivity index (χ1n) is 9.64. The molecule has 30 heavy (non-hydrogen) atoms. The second kappa shape index (κ2) is 7.57. The molecule has 0 saturated heterocycles. The molecule has 0 spiro atoms. The lowest BCUT2D eigenvalue weighted by molar-refractivity contribution is -0.117. The van der Waals surface area contributed by atoms with Gasteiger partial charge < -0.3 is 0 Å². The normalized spacial score (nSPS) is 16.0. The Balaban J connectivity index is 1.57. The lowest BCUT2D eigenvalue weighted by Crippen LogP contribution is -2.29. The van der Waals surface area contributed by atoms with Crippen LogP contribution in [0.15, 0.2) is 48.5 Å². The highest BCUT2D eigenvalue weighted by Crippen LogP contribution is 2.30. The summed E-state index contributed by atoms with van der Waals surface area (Å²) in [6.07, 6.45) is 0.222. The fraction of sp³-hybridized carbons (Fsp3) is 0.273. The molecule has 0 saturated carbocycles. The van der Waals surface area contributed by atoms with Gasteiger partial charge in [0, 0.05) is 10.6 Å². The van der Waals surface area contributed by atoms with Crippen molar-refractivity contribution in [3.63, 3.8) is 0 Å². The number of nitrogens with zero attached hydrogens (tertiary/aromatic N) is 3. The molecule has 2 amide bonds. The minimum absolute atomic E-state index is 0.00831. The number of amides is 2. The number of anilines is 2. The molecule has 0 bridgehead atoms. The highest BCUT2D eigenvalue weighted by Gasteiger charge is 2.29. The van der Waals surface area contributed by atoms with Crippen molar-refractivity contribution in [2.75, 3.05) is 10.6 Å². The number of rotatable bonds is 3. The number of hydrogen-bond acceptors (Lipinski definition) is 4. The summed E-state index contributed by atoms with van der Waals surface area (Å²) in [5, 5.41) is 10.4. The molecule has 0 unspecified atom stereocenters. The van der Waals surface area contributed by atoms with E-state index in [1.807, 2.05) is 24.3 Å². The average molecular weight is 424 g/mol. The van der Waals surface area contributed by atoms with Gasteiger partial charge in [0.15, 0.2) is 0 Å². The molecule has 1 aromatic heterocycles. The predicted molar refractivity (Wildman–Crippen MR) is 116 cm³/mol. The van der Waals surface area contributed by atoms with Crippen molar-refractivity contribution in [2.24, 2.45) is 0 Å². The highest BCUT2D eigenvalue weighted by molar-refractivity contribution is 6.30. The van der Waals surface area contributed by atoms with Gasteiger partial charge in [-0.3, -0.25) is 20.2 Å². The van der Waals surface area contributed by atoms with E-state index in [1.54, 1.807) is 28.9 Å². The summed E-state index contributed by atoms with van der Waals surface area (Å²) in [4.78, 5) is 29.1. The second-order valence-corrected chi connectivity index (χ2v) is 8.74. The summed E-state index contributed by atoms with van der Waals surface area (Å²) in [5.41, 5.74) is 2.54. The summed E-state index contributed by atoms with van der Waals surface area (Å²) in [6, 6.07) is 14.4. The number of aromatic nitrogens is 3. The van der Waals surface area contributed by atoms with Crippen LogP contribution in [-0.4, -0.2) is 26.6 Å². The van der Waals surface area contributed by atoms with E-state index in [4.69, 9.17) is 11.6 Å². The van der Waals surface area contributed by atoms with Crippen LogP contribution in [0.2, 0.25) is 5.02 Å². The van der Waals surface area contributed by atoms with Crippen LogP contribution in [0.5, 0.6) is 0 Å². The third-order valence-corrected chi connectivity index (χ3v) is 5.30. The van der Waals surface area contributed by atoms with Gasteiger partial charge >= 0.3 is 0 Å². The average Bonchev–Trinajstić information content (AvgIpc) is 3.09. The Bertz CT molecular complexity index is 1100. The van der Waals surface area contributed by atoms with Crippen molar-refractivity contribution in [1.82, 2.24) is 14.8 Å². The molecule has 1 atom stereocenters. The molecule has 0 radical (unpaired) electrons. The van der Waals surface area contributed by atoms with Crippen LogP contribution in [0.1, 0.15) is 54.7 Å². The molecule has 3 aromatic rings. The molecule has 7 nitrogen and oxygen atoms in total. The van der Waals surface area contributed by atoms with Crippen LogP contribution in [0.4, 0.5) is 11.9 Å². The summed E-state index contributed by atoms with van der Waals surface area (Å²) in [6.45, 7) is 6.35. The van der Waals surface area contributed by atoms with E-state index in [2.05, 4.69) is 41.5 Å². The number of halogens is 1. The van der Waals surface area contributed by atoms with E-state index < -0.39 is 0 Å². The maximum atomic E-state index is 12.6. The second-order valence-electron chi connectivity index (χ2n) is 8.30. The monoisotopic (exact) mass is 423 g/mol. The standard InChI is InChI=1S/C22H22ClN5O2/c1-22(2,3)15-8-4-14(5-9-15)19(30)25-20-26-21-24-18(29)12-17(28(21)27-20)13-6-10-16(23)11-7-13/h4-11,17H,12H2,1-3H3,(H2,24,25,26,27,29,30)/t17-/m1/s1. The summed E-state index contributed by atoms with van der Waals surface area (Å²) >= 11 is 5.97. The van der Waals surface area contributed by atoms with Crippen LogP contribution in [0.25, 0.3) is 0 Å². The van der Waals surface area contributed by atoms with Crippen LogP contribution in [0, 0.1) is 0 Å².